The summed E-state index contributed by atoms with van der Waals surface area (Å²) in [4.78, 5) is 11.9. The highest BCUT2D eigenvalue weighted by Crippen LogP contribution is 2.30. The molecule has 3 aromatic rings. The maximum Gasteiger partial charge on any atom is 0.310 e. The number of benzene rings is 2. The van der Waals surface area contributed by atoms with Gasteiger partial charge in [0.05, 0.1) is 31.2 Å². The number of hydrogen-bond acceptors (Lipinski definition) is 5. The van der Waals surface area contributed by atoms with Crippen molar-refractivity contribution in [2.75, 3.05) is 19.8 Å². The molecule has 0 bridgehead atoms. The molecule has 1 aliphatic rings. The van der Waals surface area contributed by atoms with Crippen LogP contribution in [-0.4, -0.2) is 35.6 Å². The monoisotopic (exact) mass is 458 g/mol. The Morgan fingerprint density at radius 1 is 1.31 bits per heavy atom. The van der Waals surface area contributed by atoms with Crippen LogP contribution in [-0.2, 0) is 27.3 Å². The molecule has 1 fully saturated rings. The molecule has 4 rings (SSSR count). The van der Waals surface area contributed by atoms with Crippen LogP contribution in [0.15, 0.2) is 46.9 Å². The molecule has 2 heterocycles. The molecule has 0 amide bonds. The van der Waals surface area contributed by atoms with E-state index in [1.54, 1.807) is 6.92 Å². The molecule has 2 aromatic carbocycles. The highest BCUT2D eigenvalue weighted by Gasteiger charge is 2.22. The number of carbonyl (C=O) groups excluding carboxylic acids is 1. The van der Waals surface area contributed by atoms with E-state index in [2.05, 4.69) is 32.7 Å². The first-order valence-electron chi connectivity index (χ1n) is 9.76. The summed E-state index contributed by atoms with van der Waals surface area (Å²) in [5.41, 5.74) is 2.74. The van der Waals surface area contributed by atoms with Gasteiger partial charge in [-0.1, -0.05) is 34.1 Å². The van der Waals surface area contributed by atoms with E-state index in [4.69, 9.17) is 19.3 Å². The summed E-state index contributed by atoms with van der Waals surface area (Å²) in [6.07, 6.45) is 1.14. The van der Waals surface area contributed by atoms with Crippen molar-refractivity contribution >= 4 is 32.8 Å². The fourth-order valence-corrected chi connectivity index (χ4v) is 3.94. The number of hydrogen-bond donors (Lipinski definition) is 0. The molecule has 0 N–H and O–H groups in total. The van der Waals surface area contributed by atoms with Gasteiger partial charge in [0.2, 0.25) is 0 Å². The van der Waals surface area contributed by atoms with E-state index >= 15 is 0 Å². The van der Waals surface area contributed by atoms with Crippen molar-refractivity contribution in [1.82, 2.24) is 9.78 Å². The standard InChI is InChI=1S/C22H23BrN2O4/c1-2-28-22(26)11-15-5-3-4-6-21(15)29-14-19-18-12-16(23)7-8-20(18)25(24-19)17-9-10-27-13-17/h3-8,12,17H,2,9-11,13-14H2,1H3. The fourth-order valence-electron chi connectivity index (χ4n) is 3.58. The van der Waals surface area contributed by atoms with Crippen molar-refractivity contribution in [3.63, 3.8) is 0 Å². The van der Waals surface area contributed by atoms with Gasteiger partial charge in [0.15, 0.2) is 0 Å². The Kier molecular flexibility index (Phi) is 6.16. The van der Waals surface area contributed by atoms with Gasteiger partial charge in [0, 0.05) is 22.0 Å². The summed E-state index contributed by atoms with van der Waals surface area (Å²) in [6, 6.07) is 13.9. The zero-order chi connectivity index (χ0) is 20.2. The SMILES string of the molecule is CCOC(=O)Cc1ccccc1OCc1nn(C2CCOC2)c2ccc(Br)cc12. The third-order valence-corrected chi connectivity index (χ3v) is 5.47. The van der Waals surface area contributed by atoms with Crippen molar-refractivity contribution in [2.24, 2.45) is 0 Å². The minimum Gasteiger partial charge on any atom is -0.487 e. The molecule has 0 saturated carbocycles. The molecule has 0 spiro atoms. The number of aromatic nitrogens is 2. The van der Waals surface area contributed by atoms with Crippen LogP contribution >= 0.6 is 15.9 Å². The van der Waals surface area contributed by atoms with E-state index in [0.29, 0.717) is 25.6 Å². The number of halogens is 1. The zero-order valence-electron chi connectivity index (χ0n) is 16.3. The largest absolute Gasteiger partial charge is 0.487 e. The predicted octanol–water partition coefficient (Wildman–Crippen LogP) is 4.44. The van der Waals surface area contributed by atoms with Crippen molar-refractivity contribution in [3.8, 4) is 5.75 Å². The Bertz CT molecular complexity index is 1010. The van der Waals surface area contributed by atoms with E-state index < -0.39 is 0 Å². The number of esters is 1. The molecule has 1 aliphatic heterocycles. The molecular weight excluding hydrogens is 436 g/mol. The average molecular weight is 459 g/mol. The Morgan fingerprint density at radius 3 is 2.97 bits per heavy atom. The van der Waals surface area contributed by atoms with Gasteiger partial charge in [-0.15, -0.1) is 0 Å². The van der Waals surface area contributed by atoms with Gasteiger partial charge in [-0.25, -0.2) is 0 Å². The van der Waals surface area contributed by atoms with Crippen LogP contribution in [0, 0.1) is 0 Å². The molecule has 152 valence electrons. The summed E-state index contributed by atoms with van der Waals surface area (Å²) in [6.45, 7) is 3.92. The molecule has 1 atom stereocenters. The minimum absolute atomic E-state index is 0.185. The quantitative estimate of drug-likeness (QED) is 0.489. The van der Waals surface area contributed by atoms with Crippen molar-refractivity contribution < 1.29 is 19.0 Å². The maximum absolute atomic E-state index is 11.9. The second kappa shape index (κ2) is 8.97. The molecule has 7 heteroatoms. The van der Waals surface area contributed by atoms with Crippen molar-refractivity contribution in [3.05, 3.63) is 58.2 Å². The number of rotatable bonds is 7. The van der Waals surface area contributed by atoms with Crippen LogP contribution in [0.4, 0.5) is 0 Å². The average Bonchev–Trinajstić information content (AvgIpc) is 3.35. The number of fused-ring (bicyclic) bond motifs is 1. The van der Waals surface area contributed by atoms with Gasteiger partial charge in [-0.2, -0.15) is 5.10 Å². The Hall–Kier alpha value is -2.38. The zero-order valence-corrected chi connectivity index (χ0v) is 17.9. The van der Waals surface area contributed by atoms with Crippen LogP contribution in [0.25, 0.3) is 10.9 Å². The van der Waals surface area contributed by atoms with Crippen LogP contribution in [0.5, 0.6) is 5.75 Å². The lowest BCUT2D eigenvalue weighted by molar-refractivity contribution is -0.142. The van der Waals surface area contributed by atoms with E-state index in [9.17, 15) is 4.79 Å². The van der Waals surface area contributed by atoms with E-state index in [-0.39, 0.29) is 18.4 Å². The normalized spacial score (nSPS) is 16.3. The number of ether oxygens (including phenoxy) is 3. The first-order chi connectivity index (χ1) is 14.2. The highest BCUT2D eigenvalue weighted by atomic mass is 79.9. The lowest BCUT2D eigenvalue weighted by Gasteiger charge is -2.11. The van der Waals surface area contributed by atoms with E-state index in [0.717, 1.165) is 39.7 Å². The molecular formula is C22H23BrN2O4. The fraction of sp³-hybridized carbons (Fsp3) is 0.364. The lowest BCUT2D eigenvalue weighted by Crippen LogP contribution is -2.11. The Balaban J connectivity index is 1.59. The van der Waals surface area contributed by atoms with Crippen LogP contribution in [0.2, 0.25) is 0 Å². The molecule has 1 saturated heterocycles. The number of para-hydroxylation sites is 1. The molecule has 0 aliphatic carbocycles. The lowest BCUT2D eigenvalue weighted by atomic mass is 10.1. The Labute approximate surface area is 177 Å². The van der Waals surface area contributed by atoms with Crippen molar-refractivity contribution in [2.45, 2.75) is 32.4 Å². The number of carbonyl (C=O) groups is 1. The topological polar surface area (TPSA) is 62.6 Å². The second-order valence-corrected chi connectivity index (χ2v) is 7.86. The van der Waals surface area contributed by atoms with Crippen LogP contribution in [0.3, 0.4) is 0 Å². The highest BCUT2D eigenvalue weighted by molar-refractivity contribution is 9.10. The van der Waals surface area contributed by atoms with Gasteiger partial charge in [0.1, 0.15) is 18.1 Å². The number of nitrogens with zero attached hydrogens (tertiary/aromatic N) is 2. The molecule has 29 heavy (non-hydrogen) atoms. The third-order valence-electron chi connectivity index (χ3n) is 4.97. The Morgan fingerprint density at radius 2 is 2.17 bits per heavy atom. The third kappa shape index (κ3) is 4.46. The molecule has 1 aromatic heterocycles. The van der Waals surface area contributed by atoms with Gasteiger partial charge < -0.3 is 14.2 Å². The minimum atomic E-state index is -0.261. The van der Waals surface area contributed by atoms with Gasteiger partial charge in [-0.3, -0.25) is 9.48 Å². The summed E-state index contributed by atoms with van der Waals surface area (Å²) < 4.78 is 19.8. The maximum atomic E-state index is 11.9. The smallest absolute Gasteiger partial charge is 0.310 e. The van der Waals surface area contributed by atoms with E-state index in [1.807, 2.05) is 30.3 Å². The first-order valence-corrected chi connectivity index (χ1v) is 10.6. The van der Waals surface area contributed by atoms with E-state index in [1.165, 1.54) is 0 Å². The van der Waals surface area contributed by atoms with Gasteiger partial charge in [0.25, 0.3) is 0 Å². The summed E-state index contributed by atoms with van der Waals surface area (Å²) in [7, 11) is 0. The van der Waals surface area contributed by atoms with Gasteiger partial charge in [-0.05, 0) is 37.6 Å². The summed E-state index contributed by atoms with van der Waals surface area (Å²) in [5.74, 6) is 0.408. The van der Waals surface area contributed by atoms with Crippen molar-refractivity contribution in [1.29, 1.82) is 0 Å². The molecule has 6 nitrogen and oxygen atoms in total. The first kappa shape index (κ1) is 19.9. The van der Waals surface area contributed by atoms with Crippen LogP contribution < -0.4 is 4.74 Å². The summed E-state index contributed by atoms with van der Waals surface area (Å²) >= 11 is 3.55. The molecule has 0 radical (unpaired) electrons. The van der Waals surface area contributed by atoms with Gasteiger partial charge >= 0.3 is 5.97 Å². The second-order valence-electron chi connectivity index (χ2n) is 6.95. The molecule has 1 unspecified atom stereocenters. The summed E-state index contributed by atoms with van der Waals surface area (Å²) in [5, 5.41) is 5.90. The van der Waals surface area contributed by atoms with Crippen LogP contribution in [0.1, 0.15) is 30.6 Å². The predicted molar refractivity (Wildman–Crippen MR) is 113 cm³/mol.